The lowest BCUT2D eigenvalue weighted by molar-refractivity contribution is -0.384. The Morgan fingerprint density at radius 3 is 2.24 bits per heavy atom. The molecule has 0 unspecified atom stereocenters. The van der Waals surface area contributed by atoms with Gasteiger partial charge in [-0.3, -0.25) is 19.7 Å². The van der Waals surface area contributed by atoms with E-state index >= 15 is 0 Å². The van der Waals surface area contributed by atoms with Gasteiger partial charge < -0.3 is 19.9 Å². The lowest BCUT2D eigenvalue weighted by Gasteiger charge is -2.08. The molecule has 0 heterocycles. The van der Waals surface area contributed by atoms with Crippen LogP contribution in [-0.4, -0.2) is 28.1 Å². The molecule has 0 bridgehead atoms. The number of nitro groups is 1. The lowest BCUT2D eigenvalue weighted by atomic mass is 10.2. The number of ether oxygens (including phenoxy) is 2. The van der Waals surface area contributed by atoms with Crippen LogP contribution in [0.3, 0.4) is 0 Å². The van der Waals surface area contributed by atoms with Crippen molar-refractivity contribution in [3.8, 4) is 5.75 Å². The monoisotopic (exact) mass is 402 g/mol. The molecule has 29 heavy (non-hydrogen) atoms. The van der Waals surface area contributed by atoms with Crippen molar-refractivity contribution in [1.82, 2.24) is 0 Å². The molecule has 152 valence electrons. The largest absolute Gasteiger partial charge is 0.514 e. The van der Waals surface area contributed by atoms with Crippen molar-refractivity contribution in [3.05, 3.63) is 64.2 Å². The van der Waals surface area contributed by atoms with Gasteiger partial charge in [-0.15, -0.1) is 0 Å². The SMILES string of the molecule is O=C(O)CCCC(=O)Nc1ccc(COC(=O)Oc2ccc([N+](=O)[O-])cc2)cc1. The van der Waals surface area contributed by atoms with E-state index in [2.05, 4.69) is 5.32 Å². The van der Waals surface area contributed by atoms with E-state index in [4.69, 9.17) is 14.6 Å². The van der Waals surface area contributed by atoms with Crippen LogP contribution in [0.4, 0.5) is 16.2 Å². The van der Waals surface area contributed by atoms with E-state index in [-0.39, 0.29) is 43.2 Å². The highest BCUT2D eigenvalue weighted by Crippen LogP contribution is 2.18. The topological polar surface area (TPSA) is 145 Å². The first kappa shape index (κ1) is 21.4. The molecule has 0 radical (unpaired) electrons. The van der Waals surface area contributed by atoms with Crippen LogP contribution in [0, 0.1) is 10.1 Å². The molecule has 2 rings (SSSR count). The van der Waals surface area contributed by atoms with Crippen molar-refractivity contribution in [2.24, 2.45) is 0 Å². The molecular formula is C19H18N2O8. The van der Waals surface area contributed by atoms with Gasteiger partial charge in [0.1, 0.15) is 12.4 Å². The van der Waals surface area contributed by atoms with Crippen LogP contribution in [0.1, 0.15) is 24.8 Å². The van der Waals surface area contributed by atoms with Gasteiger partial charge in [0.05, 0.1) is 4.92 Å². The van der Waals surface area contributed by atoms with E-state index < -0.39 is 17.0 Å². The second kappa shape index (κ2) is 10.4. The molecule has 0 aliphatic rings. The molecule has 0 atom stereocenters. The van der Waals surface area contributed by atoms with Crippen molar-refractivity contribution in [1.29, 1.82) is 0 Å². The Morgan fingerprint density at radius 1 is 1.00 bits per heavy atom. The first-order valence-corrected chi connectivity index (χ1v) is 8.53. The molecule has 1 amide bonds. The molecule has 0 saturated heterocycles. The van der Waals surface area contributed by atoms with Gasteiger partial charge in [-0.05, 0) is 36.2 Å². The predicted molar refractivity (Wildman–Crippen MR) is 100 cm³/mol. The number of nitro benzene ring substituents is 1. The van der Waals surface area contributed by atoms with Crippen LogP contribution < -0.4 is 10.1 Å². The van der Waals surface area contributed by atoms with Crippen molar-refractivity contribution in [3.63, 3.8) is 0 Å². The Labute approximate surface area is 165 Å². The van der Waals surface area contributed by atoms with E-state index in [1.165, 1.54) is 24.3 Å². The Kier molecular flexibility index (Phi) is 7.66. The molecule has 0 aromatic heterocycles. The summed E-state index contributed by atoms with van der Waals surface area (Å²) in [6, 6.07) is 11.5. The van der Waals surface area contributed by atoms with Gasteiger partial charge in [0.25, 0.3) is 5.69 Å². The van der Waals surface area contributed by atoms with Crippen LogP contribution in [0.5, 0.6) is 5.75 Å². The number of aliphatic carboxylic acids is 1. The van der Waals surface area contributed by atoms with Crippen molar-refractivity contribution < 1.29 is 33.9 Å². The Bertz CT molecular complexity index is 878. The number of carbonyl (C=O) groups is 3. The number of amides is 1. The highest BCUT2D eigenvalue weighted by atomic mass is 16.7. The fourth-order valence-corrected chi connectivity index (χ4v) is 2.21. The third-order valence-electron chi connectivity index (χ3n) is 3.64. The molecule has 0 fully saturated rings. The number of carboxylic acid groups (broad SMARTS) is 1. The first-order valence-electron chi connectivity index (χ1n) is 8.53. The normalized spacial score (nSPS) is 10.1. The first-order chi connectivity index (χ1) is 13.8. The van der Waals surface area contributed by atoms with Gasteiger partial charge in [-0.25, -0.2) is 4.79 Å². The second-order valence-electron chi connectivity index (χ2n) is 5.88. The number of nitrogens with one attached hydrogen (secondary N) is 1. The summed E-state index contributed by atoms with van der Waals surface area (Å²) in [5.74, 6) is -1.13. The van der Waals surface area contributed by atoms with Crippen LogP contribution >= 0.6 is 0 Å². The Hall–Kier alpha value is -3.95. The molecule has 0 saturated carbocycles. The van der Waals surface area contributed by atoms with Gasteiger partial charge in [-0.2, -0.15) is 0 Å². The predicted octanol–water partition coefficient (Wildman–Crippen LogP) is 3.50. The highest BCUT2D eigenvalue weighted by Gasteiger charge is 2.10. The molecule has 2 aromatic carbocycles. The summed E-state index contributed by atoms with van der Waals surface area (Å²) in [4.78, 5) is 43.8. The quantitative estimate of drug-likeness (QED) is 0.280. The fraction of sp³-hybridized carbons (Fsp3) is 0.211. The van der Waals surface area contributed by atoms with Crippen LogP contribution in [0.2, 0.25) is 0 Å². The molecule has 10 heteroatoms. The highest BCUT2D eigenvalue weighted by molar-refractivity contribution is 5.90. The van der Waals surface area contributed by atoms with Crippen LogP contribution in [0.25, 0.3) is 0 Å². The minimum absolute atomic E-state index is 0.0698. The molecule has 0 aliphatic heterocycles. The maximum absolute atomic E-state index is 11.7. The van der Waals surface area contributed by atoms with E-state index in [0.29, 0.717) is 11.3 Å². The number of nitrogens with zero attached hydrogens (tertiary/aromatic N) is 1. The number of non-ortho nitro benzene ring substituents is 1. The zero-order chi connectivity index (χ0) is 21.2. The molecule has 10 nitrogen and oxygen atoms in total. The number of benzene rings is 2. The van der Waals surface area contributed by atoms with Crippen molar-refractivity contribution >= 4 is 29.4 Å². The van der Waals surface area contributed by atoms with Gasteiger partial charge in [0, 0.05) is 30.7 Å². The summed E-state index contributed by atoms with van der Waals surface area (Å²) in [6.45, 7) is -0.0708. The summed E-state index contributed by atoms with van der Waals surface area (Å²) in [5.41, 5.74) is 1.05. The maximum Gasteiger partial charge on any atom is 0.514 e. The molecule has 0 aliphatic carbocycles. The van der Waals surface area contributed by atoms with E-state index in [0.717, 1.165) is 0 Å². The molecule has 2 N–H and O–H groups in total. The van der Waals surface area contributed by atoms with Crippen molar-refractivity contribution in [2.75, 3.05) is 5.32 Å². The van der Waals surface area contributed by atoms with E-state index in [9.17, 15) is 24.5 Å². The van der Waals surface area contributed by atoms with Gasteiger partial charge >= 0.3 is 12.1 Å². The maximum atomic E-state index is 11.7. The number of rotatable bonds is 9. The second-order valence-corrected chi connectivity index (χ2v) is 5.88. The van der Waals surface area contributed by atoms with Gasteiger partial charge in [-0.1, -0.05) is 12.1 Å². The Morgan fingerprint density at radius 2 is 1.66 bits per heavy atom. The lowest BCUT2D eigenvalue weighted by Crippen LogP contribution is -2.12. The fourth-order valence-electron chi connectivity index (χ4n) is 2.21. The molecular weight excluding hydrogens is 384 g/mol. The average molecular weight is 402 g/mol. The summed E-state index contributed by atoms with van der Waals surface area (Å²) in [5, 5.41) is 21.8. The van der Waals surface area contributed by atoms with E-state index in [1.54, 1.807) is 24.3 Å². The molecule has 0 spiro atoms. The van der Waals surface area contributed by atoms with Crippen LogP contribution in [-0.2, 0) is 20.9 Å². The zero-order valence-electron chi connectivity index (χ0n) is 15.2. The number of hydrogen-bond acceptors (Lipinski definition) is 7. The average Bonchev–Trinajstić information content (AvgIpc) is 2.67. The minimum atomic E-state index is -0.963. The number of carboxylic acids is 1. The zero-order valence-corrected chi connectivity index (χ0v) is 15.2. The third-order valence-corrected chi connectivity index (χ3v) is 3.64. The summed E-state index contributed by atoms with van der Waals surface area (Å²) < 4.78 is 9.89. The minimum Gasteiger partial charge on any atom is -0.481 e. The summed E-state index contributed by atoms with van der Waals surface area (Å²) in [6.07, 6.45) is -0.676. The van der Waals surface area contributed by atoms with Crippen molar-refractivity contribution in [2.45, 2.75) is 25.9 Å². The summed E-state index contributed by atoms with van der Waals surface area (Å²) in [7, 11) is 0. The Balaban J connectivity index is 1.76. The number of carbonyl (C=O) groups excluding carboxylic acids is 2. The van der Waals surface area contributed by atoms with Gasteiger partial charge in [0.2, 0.25) is 5.91 Å². The molecule has 2 aromatic rings. The third kappa shape index (κ3) is 7.67. The smallest absolute Gasteiger partial charge is 0.481 e. The summed E-state index contributed by atoms with van der Waals surface area (Å²) >= 11 is 0. The number of hydrogen-bond donors (Lipinski definition) is 2. The van der Waals surface area contributed by atoms with E-state index in [1.807, 2.05) is 0 Å². The number of anilines is 1. The van der Waals surface area contributed by atoms with Gasteiger partial charge in [0.15, 0.2) is 0 Å². The standard InChI is InChI=1S/C19H18N2O8/c22-17(2-1-3-18(23)24)20-14-6-4-13(5-7-14)12-28-19(25)29-16-10-8-15(9-11-16)21(26)27/h4-11H,1-3,12H2,(H,20,22)(H,23,24). The van der Waals surface area contributed by atoms with Crippen LogP contribution in [0.15, 0.2) is 48.5 Å².